The van der Waals surface area contributed by atoms with E-state index < -0.39 is 0 Å². The normalized spacial score (nSPS) is 16.6. The van der Waals surface area contributed by atoms with Crippen LogP contribution in [-0.2, 0) is 16.1 Å². The lowest BCUT2D eigenvalue weighted by molar-refractivity contribution is -0.122. The number of nitrogens with two attached hydrogens (primary N) is 1. The molecule has 0 aromatic carbocycles. The smallest absolute Gasteiger partial charge is 0.220 e. The highest BCUT2D eigenvalue weighted by atomic mass is 16.5. The van der Waals surface area contributed by atoms with Crippen molar-refractivity contribution in [1.29, 1.82) is 0 Å². The highest BCUT2D eigenvalue weighted by Gasteiger charge is 2.25. The van der Waals surface area contributed by atoms with Crippen molar-refractivity contribution in [1.82, 2.24) is 15.6 Å². The van der Waals surface area contributed by atoms with Crippen molar-refractivity contribution in [2.24, 2.45) is 22.6 Å². The van der Waals surface area contributed by atoms with Gasteiger partial charge in [0, 0.05) is 57.5 Å². The Morgan fingerprint density at radius 1 is 1.37 bits per heavy atom. The van der Waals surface area contributed by atoms with E-state index in [-0.39, 0.29) is 17.9 Å². The fourth-order valence-corrected chi connectivity index (χ4v) is 3.78. The van der Waals surface area contributed by atoms with Crippen LogP contribution in [0.5, 0.6) is 0 Å². The maximum Gasteiger partial charge on any atom is 0.220 e. The predicted octanol–water partition coefficient (Wildman–Crippen LogP) is 1.90. The van der Waals surface area contributed by atoms with Crippen molar-refractivity contribution in [3.63, 3.8) is 0 Å². The molecule has 0 aliphatic carbocycles. The van der Waals surface area contributed by atoms with Crippen molar-refractivity contribution >= 4 is 17.7 Å². The van der Waals surface area contributed by atoms with Gasteiger partial charge in [-0.15, -0.1) is 0 Å². The number of nitrogens with one attached hydrogen (secondary N) is 2. The van der Waals surface area contributed by atoms with Crippen LogP contribution in [0.3, 0.4) is 0 Å². The number of aliphatic imine (C=N–C) groups is 1. The molecule has 8 nitrogen and oxygen atoms in total. The van der Waals surface area contributed by atoms with E-state index in [0.29, 0.717) is 12.5 Å². The molecule has 1 atom stereocenters. The van der Waals surface area contributed by atoms with Gasteiger partial charge in [0.05, 0.1) is 6.10 Å². The second-order valence-corrected chi connectivity index (χ2v) is 8.03. The van der Waals surface area contributed by atoms with E-state index in [2.05, 4.69) is 45.4 Å². The molecule has 0 saturated carbocycles. The summed E-state index contributed by atoms with van der Waals surface area (Å²) in [6.45, 7) is 10.1. The van der Waals surface area contributed by atoms with Crippen LogP contribution >= 0.6 is 0 Å². The Hall–Kier alpha value is -2.35. The molecule has 1 aliphatic rings. The molecule has 1 amide bonds. The Morgan fingerprint density at radius 3 is 2.70 bits per heavy atom. The van der Waals surface area contributed by atoms with Crippen LogP contribution in [0.4, 0.5) is 5.82 Å². The number of ether oxygens (including phenoxy) is 1. The first-order chi connectivity index (χ1) is 14.5. The molecular weight excluding hydrogens is 380 g/mol. The number of primary amides is 1. The van der Waals surface area contributed by atoms with Gasteiger partial charge in [-0.25, -0.2) is 4.98 Å². The van der Waals surface area contributed by atoms with E-state index in [9.17, 15) is 4.79 Å². The molecule has 0 spiro atoms. The summed E-state index contributed by atoms with van der Waals surface area (Å²) in [4.78, 5) is 22.6. The van der Waals surface area contributed by atoms with Gasteiger partial charge in [-0.05, 0) is 38.2 Å². The van der Waals surface area contributed by atoms with Crippen LogP contribution in [0.15, 0.2) is 23.3 Å². The Kier molecular flexibility index (Phi) is 9.86. The molecule has 2 heterocycles. The molecule has 1 saturated heterocycles. The van der Waals surface area contributed by atoms with E-state index >= 15 is 0 Å². The number of pyridine rings is 1. The molecule has 8 heteroatoms. The average molecular weight is 419 g/mol. The second-order valence-electron chi connectivity index (χ2n) is 8.03. The summed E-state index contributed by atoms with van der Waals surface area (Å²) in [5, 5.41) is 6.76. The molecule has 1 unspecified atom stereocenters. The molecule has 0 bridgehead atoms. The minimum absolute atomic E-state index is 0.0269. The zero-order valence-electron chi connectivity index (χ0n) is 18.9. The Balaban J connectivity index is 1.88. The van der Waals surface area contributed by atoms with Gasteiger partial charge in [-0.1, -0.05) is 19.9 Å². The fraction of sp³-hybridized carbons (Fsp3) is 0.682. The quantitative estimate of drug-likeness (QED) is 0.396. The summed E-state index contributed by atoms with van der Waals surface area (Å²) in [5.41, 5.74) is 6.56. The number of piperidine rings is 1. The average Bonchev–Trinajstić information content (AvgIpc) is 2.75. The molecule has 0 radical (unpaired) electrons. The number of nitrogens with zero attached hydrogens (tertiary/aromatic N) is 3. The summed E-state index contributed by atoms with van der Waals surface area (Å²) in [6.07, 6.45) is 4.54. The van der Waals surface area contributed by atoms with Gasteiger partial charge in [0.15, 0.2) is 5.96 Å². The number of hydrogen-bond acceptors (Lipinski definition) is 5. The number of aromatic nitrogens is 1. The van der Waals surface area contributed by atoms with Crippen molar-refractivity contribution in [2.75, 3.05) is 38.2 Å². The first-order valence-corrected chi connectivity index (χ1v) is 11.0. The molecule has 1 fully saturated rings. The van der Waals surface area contributed by atoms with Crippen LogP contribution < -0.4 is 21.3 Å². The van der Waals surface area contributed by atoms with Crippen LogP contribution in [0.25, 0.3) is 0 Å². The third-order valence-electron chi connectivity index (χ3n) is 5.58. The number of carbonyl (C=O) groups excluding carboxylic acids is 1. The van der Waals surface area contributed by atoms with Crippen molar-refractivity contribution in [3.05, 3.63) is 23.9 Å². The highest BCUT2D eigenvalue weighted by Crippen LogP contribution is 2.24. The van der Waals surface area contributed by atoms with E-state index in [4.69, 9.17) is 10.5 Å². The van der Waals surface area contributed by atoms with Gasteiger partial charge in [0.1, 0.15) is 5.82 Å². The summed E-state index contributed by atoms with van der Waals surface area (Å²) in [6, 6.07) is 4.02. The third-order valence-corrected chi connectivity index (χ3v) is 5.58. The molecule has 1 aromatic heterocycles. The van der Waals surface area contributed by atoms with Gasteiger partial charge in [0.2, 0.25) is 5.91 Å². The lowest BCUT2D eigenvalue weighted by Gasteiger charge is -2.32. The maximum atomic E-state index is 11.4. The zero-order chi connectivity index (χ0) is 21.9. The lowest BCUT2D eigenvalue weighted by Crippen LogP contribution is -2.41. The van der Waals surface area contributed by atoms with Crippen LogP contribution in [0.2, 0.25) is 0 Å². The molecule has 4 N–H and O–H groups in total. The molecule has 2 rings (SSSR count). The minimum Gasteiger partial charge on any atom is -0.378 e. The topological polar surface area (TPSA) is 105 Å². The van der Waals surface area contributed by atoms with Crippen LogP contribution in [0.1, 0.15) is 45.6 Å². The number of anilines is 1. The number of rotatable bonds is 10. The van der Waals surface area contributed by atoms with Gasteiger partial charge < -0.3 is 26.0 Å². The summed E-state index contributed by atoms with van der Waals surface area (Å²) in [7, 11) is 1.77. The second kappa shape index (κ2) is 12.4. The van der Waals surface area contributed by atoms with Gasteiger partial charge in [-0.3, -0.25) is 9.79 Å². The molecule has 168 valence electrons. The number of guanidine groups is 1. The first-order valence-electron chi connectivity index (χ1n) is 11.0. The van der Waals surface area contributed by atoms with Crippen LogP contribution in [-0.4, -0.2) is 56.2 Å². The van der Waals surface area contributed by atoms with E-state index in [1.807, 2.05) is 19.2 Å². The lowest BCUT2D eigenvalue weighted by atomic mass is 9.96. The monoisotopic (exact) mass is 418 g/mol. The fourth-order valence-electron chi connectivity index (χ4n) is 3.78. The van der Waals surface area contributed by atoms with Crippen molar-refractivity contribution in [3.8, 4) is 0 Å². The molecule has 30 heavy (non-hydrogen) atoms. The van der Waals surface area contributed by atoms with Gasteiger partial charge >= 0.3 is 0 Å². The van der Waals surface area contributed by atoms with Crippen LogP contribution in [0, 0.1) is 11.8 Å². The number of hydrogen-bond donors (Lipinski definition) is 3. The SMILES string of the molecule is CCOC(CCNC(=NC)NCc1cccnc1N1CCC(C(N)=O)CC1)C(C)C. The number of amides is 1. The van der Waals surface area contributed by atoms with E-state index in [1.54, 1.807) is 7.05 Å². The van der Waals surface area contributed by atoms with Gasteiger partial charge in [-0.2, -0.15) is 0 Å². The largest absolute Gasteiger partial charge is 0.378 e. The Labute approximate surface area is 180 Å². The van der Waals surface area contributed by atoms with Gasteiger partial charge in [0.25, 0.3) is 0 Å². The number of carbonyl (C=O) groups is 1. The Morgan fingerprint density at radius 2 is 2.10 bits per heavy atom. The molecular formula is C22H38N6O2. The van der Waals surface area contributed by atoms with Crippen molar-refractivity contribution < 1.29 is 9.53 Å². The zero-order valence-corrected chi connectivity index (χ0v) is 18.9. The highest BCUT2D eigenvalue weighted by molar-refractivity contribution is 5.79. The minimum atomic E-state index is -0.198. The first kappa shape index (κ1) is 23.9. The maximum absolute atomic E-state index is 11.4. The summed E-state index contributed by atoms with van der Waals surface area (Å²) in [5.74, 6) is 1.98. The van der Waals surface area contributed by atoms with Crippen molar-refractivity contribution in [2.45, 2.75) is 52.7 Å². The third kappa shape index (κ3) is 7.16. The molecule has 1 aromatic rings. The molecule has 1 aliphatic heterocycles. The van der Waals surface area contributed by atoms with E-state index in [0.717, 1.165) is 62.8 Å². The standard InChI is InChI=1S/C22H38N6O2/c1-5-30-19(16(2)3)8-12-26-22(24-4)27-15-18-7-6-11-25-21(18)28-13-9-17(10-14-28)20(23)29/h6-7,11,16-17,19H,5,8-10,12-15H2,1-4H3,(H2,23,29)(H2,24,26,27). The summed E-state index contributed by atoms with van der Waals surface area (Å²) >= 11 is 0. The van der Waals surface area contributed by atoms with E-state index in [1.165, 1.54) is 0 Å². The summed E-state index contributed by atoms with van der Waals surface area (Å²) < 4.78 is 5.81. The predicted molar refractivity (Wildman–Crippen MR) is 121 cm³/mol. The Bertz CT molecular complexity index is 686.